The van der Waals surface area contributed by atoms with E-state index in [4.69, 9.17) is 9.73 Å². The third-order valence-corrected chi connectivity index (χ3v) is 12.2. The van der Waals surface area contributed by atoms with Gasteiger partial charge in [0.25, 0.3) is 10.0 Å². The molecule has 3 aliphatic heterocycles. The molecule has 1 spiro atoms. The molecule has 0 saturated carbocycles. The highest BCUT2D eigenvalue weighted by atomic mass is 32.2. The molecular weight excluding hydrogens is 501 g/mol. The second kappa shape index (κ2) is 9.23. The van der Waals surface area contributed by atoms with Crippen molar-refractivity contribution in [2.24, 2.45) is 4.99 Å². The lowest BCUT2D eigenvalue weighted by Gasteiger charge is -2.42. The van der Waals surface area contributed by atoms with Crippen LogP contribution in [-0.2, 0) is 14.8 Å². The number of hydrogen-bond acceptors (Lipinski definition) is 7. The Morgan fingerprint density at radius 2 is 1.97 bits per heavy atom. The molecule has 3 aromatic rings. The van der Waals surface area contributed by atoms with Crippen molar-refractivity contribution in [1.82, 2.24) is 9.88 Å². The van der Waals surface area contributed by atoms with E-state index >= 15 is 0 Å². The third kappa shape index (κ3) is 4.33. The van der Waals surface area contributed by atoms with Gasteiger partial charge in [-0.1, -0.05) is 30.0 Å². The average Bonchev–Trinajstić information content (AvgIpc) is 3.64. The number of thioether (sulfide) groups is 1. The Labute approximate surface area is 214 Å². The fraction of sp³-hybridized carbons (Fsp3) is 0.480. The van der Waals surface area contributed by atoms with Crippen LogP contribution in [0.4, 0.5) is 5.69 Å². The SMILES string of the molecule is CN(c1cccc2cc(C3=NCC4(CCN(C5CCOCC5)CC4)S3)[nH]c12)S(=O)(=O)c1cccs1. The van der Waals surface area contributed by atoms with Gasteiger partial charge in [-0.3, -0.25) is 9.30 Å². The molecule has 2 aromatic heterocycles. The van der Waals surface area contributed by atoms with Gasteiger partial charge in [0.2, 0.25) is 0 Å². The number of likely N-dealkylation sites (tertiary alicyclic amines) is 1. The van der Waals surface area contributed by atoms with Crippen molar-refractivity contribution in [3.05, 3.63) is 47.5 Å². The Bertz CT molecular complexity index is 1340. The molecule has 6 rings (SSSR count). The number of aromatic amines is 1. The number of benzene rings is 1. The van der Waals surface area contributed by atoms with Crippen LogP contribution in [0.5, 0.6) is 0 Å². The summed E-state index contributed by atoms with van der Waals surface area (Å²) in [4.78, 5) is 11.1. The van der Waals surface area contributed by atoms with E-state index in [9.17, 15) is 8.42 Å². The first kappa shape index (κ1) is 23.5. The summed E-state index contributed by atoms with van der Waals surface area (Å²) >= 11 is 3.14. The van der Waals surface area contributed by atoms with Crippen molar-refractivity contribution < 1.29 is 13.2 Å². The van der Waals surface area contributed by atoms with Crippen LogP contribution in [-0.4, -0.2) is 74.0 Å². The summed E-state index contributed by atoms with van der Waals surface area (Å²) < 4.78 is 33.7. The molecule has 2 saturated heterocycles. The molecule has 10 heteroatoms. The number of ether oxygens (including phenoxy) is 1. The van der Waals surface area contributed by atoms with Gasteiger partial charge in [0, 0.05) is 36.4 Å². The van der Waals surface area contributed by atoms with Crippen LogP contribution in [0.3, 0.4) is 0 Å². The zero-order valence-electron chi connectivity index (χ0n) is 19.8. The number of nitrogens with one attached hydrogen (secondary N) is 1. The maximum atomic E-state index is 13.1. The summed E-state index contributed by atoms with van der Waals surface area (Å²) in [6, 6.07) is 12.0. The van der Waals surface area contributed by atoms with Crippen LogP contribution in [0.1, 0.15) is 31.4 Å². The van der Waals surface area contributed by atoms with Gasteiger partial charge in [0.15, 0.2) is 0 Å². The molecule has 35 heavy (non-hydrogen) atoms. The summed E-state index contributed by atoms with van der Waals surface area (Å²) in [6.45, 7) is 4.88. The summed E-state index contributed by atoms with van der Waals surface area (Å²) in [5.41, 5.74) is 2.44. The Morgan fingerprint density at radius 3 is 2.71 bits per heavy atom. The Balaban J connectivity index is 1.20. The molecular formula is C25H30N4O3S3. The second-order valence-electron chi connectivity index (χ2n) is 9.61. The van der Waals surface area contributed by atoms with Crippen LogP contribution in [0.2, 0.25) is 0 Å². The number of fused-ring (bicyclic) bond motifs is 1. The highest BCUT2D eigenvalue weighted by Gasteiger charge is 2.42. The molecule has 1 N–H and O–H groups in total. The number of nitrogens with zero attached hydrogens (tertiary/aromatic N) is 3. The van der Waals surface area contributed by atoms with Crippen molar-refractivity contribution in [1.29, 1.82) is 0 Å². The number of piperidine rings is 1. The number of sulfonamides is 1. The molecule has 0 unspecified atom stereocenters. The molecule has 7 nitrogen and oxygen atoms in total. The maximum absolute atomic E-state index is 13.1. The molecule has 5 heterocycles. The molecule has 0 atom stereocenters. The lowest BCUT2D eigenvalue weighted by Crippen LogP contribution is -2.49. The first-order chi connectivity index (χ1) is 17.0. The van der Waals surface area contributed by atoms with Crippen molar-refractivity contribution in [3.63, 3.8) is 0 Å². The van der Waals surface area contributed by atoms with Gasteiger partial charge < -0.3 is 14.6 Å². The number of aliphatic imine (C=N–C) groups is 1. The third-order valence-electron chi connectivity index (χ3n) is 7.55. The van der Waals surface area contributed by atoms with Crippen molar-refractivity contribution in [2.45, 2.75) is 40.7 Å². The largest absolute Gasteiger partial charge is 0.381 e. The summed E-state index contributed by atoms with van der Waals surface area (Å²) in [7, 11) is -1.98. The lowest BCUT2D eigenvalue weighted by atomic mass is 9.93. The number of thiophene rings is 1. The van der Waals surface area contributed by atoms with Gasteiger partial charge in [0.1, 0.15) is 9.25 Å². The quantitative estimate of drug-likeness (QED) is 0.523. The number of rotatable bonds is 5. The minimum atomic E-state index is -3.60. The van der Waals surface area contributed by atoms with E-state index in [2.05, 4.69) is 16.0 Å². The Morgan fingerprint density at radius 1 is 1.17 bits per heavy atom. The fourth-order valence-corrected chi connectivity index (χ4v) is 9.07. The number of hydrogen-bond donors (Lipinski definition) is 1. The standard InChI is InChI=1S/C25H30N4O3S3/c1-28(35(30,31)22-6-3-15-33-22)21-5-2-4-18-16-20(27-23(18)21)24-26-17-25(34-24)9-11-29(12-10-25)19-7-13-32-14-8-19/h2-6,15-16,19,27H,7-14,17H2,1H3. The van der Waals surface area contributed by atoms with Crippen molar-refractivity contribution in [2.75, 3.05) is 44.2 Å². The van der Waals surface area contributed by atoms with Crippen molar-refractivity contribution >= 4 is 54.8 Å². The monoisotopic (exact) mass is 530 g/mol. The zero-order chi connectivity index (χ0) is 24.0. The van der Waals surface area contributed by atoms with E-state index in [-0.39, 0.29) is 4.75 Å². The lowest BCUT2D eigenvalue weighted by molar-refractivity contribution is 0.0242. The number of anilines is 1. The van der Waals surface area contributed by atoms with Gasteiger partial charge in [0.05, 0.1) is 23.4 Å². The predicted molar refractivity (Wildman–Crippen MR) is 145 cm³/mol. The van der Waals surface area contributed by atoms with Crippen LogP contribution in [0.15, 0.2) is 51.0 Å². The molecule has 0 radical (unpaired) electrons. The summed E-state index contributed by atoms with van der Waals surface area (Å²) in [5.74, 6) is 0. The van der Waals surface area contributed by atoms with E-state index in [1.807, 2.05) is 30.0 Å². The first-order valence-corrected chi connectivity index (χ1v) is 15.3. The Kier molecular flexibility index (Phi) is 6.21. The van der Waals surface area contributed by atoms with Crippen LogP contribution in [0, 0.1) is 0 Å². The van der Waals surface area contributed by atoms with Gasteiger partial charge >= 0.3 is 0 Å². The van der Waals surface area contributed by atoms with Gasteiger partial charge in [-0.25, -0.2) is 8.42 Å². The van der Waals surface area contributed by atoms with Crippen LogP contribution in [0.25, 0.3) is 10.9 Å². The molecule has 0 amide bonds. The maximum Gasteiger partial charge on any atom is 0.273 e. The minimum Gasteiger partial charge on any atom is -0.381 e. The highest BCUT2D eigenvalue weighted by molar-refractivity contribution is 8.15. The predicted octanol–water partition coefficient (Wildman–Crippen LogP) is 4.56. The molecule has 186 valence electrons. The van der Waals surface area contributed by atoms with Crippen molar-refractivity contribution in [3.8, 4) is 0 Å². The molecule has 1 aromatic carbocycles. The first-order valence-electron chi connectivity index (χ1n) is 12.2. The van der Waals surface area contributed by atoms with E-state index in [1.54, 1.807) is 24.6 Å². The minimum absolute atomic E-state index is 0.177. The van der Waals surface area contributed by atoms with Gasteiger partial charge in [-0.15, -0.1) is 11.3 Å². The Hall–Kier alpha value is -1.85. The fourth-order valence-electron chi connectivity index (χ4n) is 5.43. The number of aromatic nitrogens is 1. The molecule has 2 fully saturated rings. The van der Waals surface area contributed by atoms with E-state index in [1.165, 1.54) is 15.6 Å². The summed E-state index contributed by atoms with van der Waals surface area (Å²) in [5, 5.41) is 3.81. The van der Waals surface area contributed by atoms with Gasteiger partial charge in [-0.2, -0.15) is 0 Å². The average molecular weight is 531 g/mol. The smallest absolute Gasteiger partial charge is 0.273 e. The zero-order valence-corrected chi connectivity index (χ0v) is 22.2. The highest BCUT2D eigenvalue weighted by Crippen LogP contribution is 2.44. The molecule has 3 aliphatic rings. The molecule has 0 bridgehead atoms. The van der Waals surface area contributed by atoms with E-state index in [0.29, 0.717) is 15.9 Å². The number of para-hydroxylation sites is 1. The van der Waals surface area contributed by atoms with Gasteiger partial charge in [-0.05, 0) is 62.4 Å². The normalized spacial score (nSPS) is 21.6. The van der Waals surface area contributed by atoms with E-state index in [0.717, 1.165) is 80.2 Å². The topological polar surface area (TPSA) is 78.0 Å². The summed E-state index contributed by atoms with van der Waals surface area (Å²) in [6.07, 6.45) is 4.59. The van der Waals surface area contributed by atoms with Crippen LogP contribution >= 0.6 is 23.1 Å². The van der Waals surface area contributed by atoms with E-state index < -0.39 is 10.0 Å². The number of H-pyrrole nitrogens is 1. The van der Waals surface area contributed by atoms with Crippen LogP contribution < -0.4 is 4.31 Å². The molecule has 0 aliphatic carbocycles. The second-order valence-corrected chi connectivity index (χ2v) is 14.2.